The van der Waals surface area contributed by atoms with Gasteiger partial charge in [0.1, 0.15) is 0 Å². The Morgan fingerprint density at radius 2 is 2.12 bits per heavy atom. The first-order valence-electron chi connectivity index (χ1n) is 8.59. The van der Waals surface area contributed by atoms with Gasteiger partial charge in [0.2, 0.25) is 5.91 Å². The molecule has 8 heteroatoms. The summed E-state index contributed by atoms with van der Waals surface area (Å²) in [5.74, 6) is 0.271. The van der Waals surface area contributed by atoms with E-state index in [1.807, 2.05) is 36.2 Å². The maximum Gasteiger partial charge on any atom is 0.255 e. The van der Waals surface area contributed by atoms with E-state index in [0.29, 0.717) is 24.8 Å². The number of carbonyl (C=O) groups excluding carboxylic acids is 2. The molecule has 2 N–H and O–H groups in total. The minimum absolute atomic E-state index is 0. The first kappa shape index (κ1) is 22.8. The van der Waals surface area contributed by atoms with Gasteiger partial charge in [0, 0.05) is 37.7 Å². The maximum atomic E-state index is 12.9. The predicted molar refractivity (Wildman–Crippen MR) is 107 cm³/mol. The van der Waals surface area contributed by atoms with E-state index in [-0.39, 0.29) is 30.0 Å². The van der Waals surface area contributed by atoms with Crippen LogP contribution < -0.4 is 10.6 Å². The van der Waals surface area contributed by atoms with Crippen molar-refractivity contribution in [3.63, 3.8) is 0 Å². The molecular weight excluding hydrogens is 374 g/mol. The van der Waals surface area contributed by atoms with Gasteiger partial charge < -0.3 is 20.3 Å². The summed E-state index contributed by atoms with van der Waals surface area (Å²) in [6.45, 7) is 2.50. The van der Waals surface area contributed by atoms with Crippen LogP contribution in [0.15, 0.2) is 29.2 Å². The van der Waals surface area contributed by atoms with Crippen molar-refractivity contribution in [2.45, 2.75) is 23.8 Å². The van der Waals surface area contributed by atoms with Gasteiger partial charge in [0.25, 0.3) is 5.91 Å². The number of benzene rings is 1. The summed E-state index contributed by atoms with van der Waals surface area (Å²) in [5.41, 5.74) is 0.675. The number of methoxy groups -OCH3 is 1. The number of piperidine rings is 1. The van der Waals surface area contributed by atoms with Crippen molar-refractivity contribution in [2.75, 3.05) is 46.2 Å². The zero-order chi connectivity index (χ0) is 18.1. The van der Waals surface area contributed by atoms with Crippen LogP contribution in [0.4, 0.5) is 0 Å². The largest absolute Gasteiger partial charge is 0.383 e. The lowest BCUT2D eigenvalue weighted by Gasteiger charge is -2.33. The lowest BCUT2D eigenvalue weighted by atomic mass is 10.0. The number of hydrogen-bond donors (Lipinski definition) is 2. The van der Waals surface area contributed by atoms with Crippen LogP contribution in [-0.4, -0.2) is 68.9 Å². The summed E-state index contributed by atoms with van der Waals surface area (Å²) >= 11 is 1.40. The molecular formula is C18H28ClN3O3S. The highest BCUT2D eigenvalue weighted by molar-refractivity contribution is 8.00. The van der Waals surface area contributed by atoms with Crippen molar-refractivity contribution in [2.24, 2.45) is 0 Å². The minimum Gasteiger partial charge on any atom is -0.383 e. The molecule has 26 heavy (non-hydrogen) atoms. The smallest absolute Gasteiger partial charge is 0.255 e. The number of nitrogens with zero attached hydrogens (tertiary/aromatic N) is 1. The fraction of sp³-hybridized carbons (Fsp3) is 0.556. The Labute approximate surface area is 165 Å². The average molecular weight is 402 g/mol. The molecule has 0 aliphatic carbocycles. The highest BCUT2D eigenvalue weighted by atomic mass is 35.5. The second kappa shape index (κ2) is 12.2. The van der Waals surface area contributed by atoms with Gasteiger partial charge in [-0.2, -0.15) is 0 Å². The molecule has 146 valence electrons. The lowest BCUT2D eigenvalue weighted by Crippen LogP contribution is -2.47. The number of likely N-dealkylation sites (N-methyl/N-ethyl adjacent to an activating group) is 1. The SMILES string of the molecule is CNC1CCCN(C(=O)c2ccccc2SCC(=O)NCCOC)C1.Cl. The van der Waals surface area contributed by atoms with E-state index in [1.165, 1.54) is 11.8 Å². The molecule has 0 saturated carbocycles. The Bertz CT molecular complexity index is 589. The Hall–Kier alpha value is -1.28. The van der Waals surface area contributed by atoms with Gasteiger partial charge in [-0.05, 0) is 32.0 Å². The van der Waals surface area contributed by atoms with Crippen molar-refractivity contribution in [1.29, 1.82) is 0 Å². The summed E-state index contributed by atoms with van der Waals surface area (Å²) in [5, 5.41) is 6.05. The van der Waals surface area contributed by atoms with Gasteiger partial charge in [-0.25, -0.2) is 0 Å². The third kappa shape index (κ3) is 6.79. The van der Waals surface area contributed by atoms with Gasteiger partial charge in [-0.3, -0.25) is 9.59 Å². The molecule has 1 unspecified atom stereocenters. The van der Waals surface area contributed by atoms with Gasteiger partial charge in [0.15, 0.2) is 0 Å². The van der Waals surface area contributed by atoms with Crippen molar-refractivity contribution in [1.82, 2.24) is 15.5 Å². The summed E-state index contributed by atoms with van der Waals surface area (Å²) in [6.07, 6.45) is 2.10. The molecule has 2 rings (SSSR count). The fourth-order valence-electron chi connectivity index (χ4n) is 2.82. The van der Waals surface area contributed by atoms with Crippen LogP contribution in [0, 0.1) is 0 Å². The highest BCUT2D eigenvalue weighted by Gasteiger charge is 2.25. The second-order valence-electron chi connectivity index (χ2n) is 6.01. The van der Waals surface area contributed by atoms with Gasteiger partial charge in [-0.15, -0.1) is 24.2 Å². The van der Waals surface area contributed by atoms with E-state index in [9.17, 15) is 9.59 Å². The Morgan fingerprint density at radius 1 is 1.35 bits per heavy atom. The molecule has 1 atom stereocenters. The van der Waals surface area contributed by atoms with Gasteiger partial charge >= 0.3 is 0 Å². The zero-order valence-corrected chi connectivity index (χ0v) is 17.0. The number of carbonyl (C=O) groups is 2. The topological polar surface area (TPSA) is 70.7 Å². The Balaban J connectivity index is 0.00000338. The van der Waals surface area contributed by atoms with Crippen LogP contribution in [-0.2, 0) is 9.53 Å². The predicted octanol–water partition coefficient (Wildman–Crippen LogP) is 1.79. The number of thioether (sulfide) groups is 1. The fourth-order valence-corrected chi connectivity index (χ4v) is 3.70. The van der Waals surface area contributed by atoms with Crippen LogP contribution in [0.25, 0.3) is 0 Å². The van der Waals surface area contributed by atoms with E-state index in [0.717, 1.165) is 30.8 Å². The normalized spacial score (nSPS) is 16.7. The number of hydrogen-bond acceptors (Lipinski definition) is 5. The van der Waals surface area contributed by atoms with Crippen molar-refractivity contribution in [3.05, 3.63) is 29.8 Å². The van der Waals surface area contributed by atoms with Crippen LogP contribution in [0.2, 0.25) is 0 Å². The summed E-state index contributed by atoms with van der Waals surface area (Å²) in [6, 6.07) is 7.87. The molecule has 0 radical (unpaired) electrons. The first-order valence-corrected chi connectivity index (χ1v) is 9.58. The van der Waals surface area contributed by atoms with Gasteiger partial charge in [-0.1, -0.05) is 12.1 Å². The molecule has 0 aromatic heterocycles. The molecule has 1 heterocycles. The lowest BCUT2D eigenvalue weighted by molar-refractivity contribution is -0.118. The standard InChI is InChI=1S/C18H27N3O3S.ClH/c1-19-14-6-5-10-21(12-14)18(23)15-7-3-4-8-16(15)25-13-17(22)20-9-11-24-2;/h3-4,7-8,14,19H,5-6,9-13H2,1-2H3,(H,20,22);1H. The summed E-state index contributed by atoms with van der Waals surface area (Å²) in [7, 11) is 3.53. The molecule has 2 amide bonds. The van der Waals surface area contributed by atoms with Crippen LogP contribution in [0.1, 0.15) is 23.2 Å². The highest BCUT2D eigenvalue weighted by Crippen LogP contribution is 2.25. The average Bonchev–Trinajstić information content (AvgIpc) is 2.66. The van der Waals surface area contributed by atoms with E-state index >= 15 is 0 Å². The number of ether oxygens (including phenoxy) is 1. The van der Waals surface area contributed by atoms with Crippen molar-refractivity contribution >= 4 is 36.0 Å². The monoisotopic (exact) mass is 401 g/mol. The van der Waals surface area contributed by atoms with Crippen molar-refractivity contribution < 1.29 is 14.3 Å². The van der Waals surface area contributed by atoms with Crippen LogP contribution in [0.3, 0.4) is 0 Å². The van der Waals surface area contributed by atoms with Crippen LogP contribution >= 0.6 is 24.2 Å². The molecule has 1 aromatic rings. The second-order valence-corrected chi connectivity index (χ2v) is 7.02. The molecule has 0 bridgehead atoms. The van der Waals surface area contributed by atoms with E-state index in [2.05, 4.69) is 10.6 Å². The number of likely N-dealkylation sites (tertiary alicyclic amines) is 1. The number of nitrogens with one attached hydrogen (secondary N) is 2. The quantitative estimate of drug-likeness (QED) is 0.513. The maximum absolute atomic E-state index is 12.9. The molecule has 6 nitrogen and oxygen atoms in total. The molecule has 1 aromatic carbocycles. The minimum atomic E-state index is -0.0579. The van der Waals surface area contributed by atoms with Crippen molar-refractivity contribution in [3.8, 4) is 0 Å². The van der Waals surface area contributed by atoms with Gasteiger partial charge in [0.05, 0.1) is 17.9 Å². The third-order valence-corrected chi connectivity index (χ3v) is 5.29. The third-order valence-electron chi connectivity index (χ3n) is 4.22. The van der Waals surface area contributed by atoms with E-state index in [1.54, 1.807) is 7.11 Å². The molecule has 0 spiro atoms. The summed E-state index contributed by atoms with van der Waals surface area (Å²) in [4.78, 5) is 27.5. The number of amides is 2. The van der Waals surface area contributed by atoms with E-state index < -0.39 is 0 Å². The first-order chi connectivity index (χ1) is 12.2. The Kier molecular flexibility index (Phi) is 10.7. The van der Waals surface area contributed by atoms with E-state index in [4.69, 9.17) is 4.74 Å². The molecule has 1 fully saturated rings. The Morgan fingerprint density at radius 3 is 2.85 bits per heavy atom. The van der Waals surface area contributed by atoms with Crippen LogP contribution in [0.5, 0.6) is 0 Å². The summed E-state index contributed by atoms with van der Waals surface area (Å²) < 4.78 is 4.91. The molecule has 1 aliphatic rings. The molecule has 1 aliphatic heterocycles. The zero-order valence-electron chi connectivity index (χ0n) is 15.3. The molecule has 1 saturated heterocycles. The number of halogens is 1. The number of rotatable bonds is 8.